The van der Waals surface area contributed by atoms with Crippen LogP contribution in [-0.2, 0) is 16.0 Å². The van der Waals surface area contributed by atoms with Crippen LogP contribution >= 0.6 is 0 Å². The summed E-state index contributed by atoms with van der Waals surface area (Å²) in [6.45, 7) is 3.96. The highest BCUT2D eigenvalue weighted by Gasteiger charge is 2.18. The molecule has 106 valence electrons. The number of imidazole rings is 1. The largest absolute Gasteiger partial charge is 0.445 e. The minimum atomic E-state index is -0.369. The first kappa shape index (κ1) is 13.8. The fraction of sp³-hybridized carbons (Fsp3) is 0.667. The van der Waals surface area contributed by atoms with Crippen molar-refractivity contribution in [1.82, 2.24) is 20.2 Å². The molecule has 19 heavy (non-hydrogen) atoms. The van der Waals surface area contributed by atoms with E-state index < -0.39 is 0 Å². The summed E-state index contributed by atoms with van der Waals surface area (Å²) in [5.41, 5.74) is 0. The molecule has 0 spiro atoms. The number of alkyl carbamates (subject to hydrolysis) is 1. The molecule has 2 N–H and O–H groups in total. The van der Waals surface area contributed by atoms with Gasteiger partial charge in [-0.25, -0.2) is 9.78 Å². The lowest BCUT2D eigenvalue weighted by Gasteiger charge is -2.11. The molecule has 0 aromatic carbocycles. The Morgan fingerprint density at radius 3 is 3.21 bits per heavy atom. The fourth-order valence-electron chi connectivity index (χ4n) is 1.84. The van der Waals surface area contributed by atoms with Gasteiger partial charge in [-0.15, -0.1) is 0 Å². The van der Waals surface area contributed by atoms with Crippen LogP contribution in [0.4, 0.5) is 4.79 Å². The molecule has 2 heterocycles. The van der Waals surface area contributed by atoms with E-state index in [0.717, 1.165) is 26.1 Å². The van der Waals surface area contributed by atoms with E-state index in [2.05, 4.69) is 15.6 Å². The summed E-state index contributed by atoms with van der Waals surface area (Å²) < 4.78 is 12.5. The average molecular weight is 268 g/mol. The Morgan fingerprint density at radius 2 is 2.47 bits per heavy atom. The maximum absolute atomic E-state index is 11.4. The first-order valence-corrected chi connectivity index (χ1v) is 6.53. The van der Waals surface area contributed by atoms with E-state index in [0.29, 0.717) is 19.8 Å². The van der Waals surface area contributed by atoms with Crippen molar-refractivity contribution in [3.05, 3.63) is 18.7 Å². The standard InChI is InChI=1S/C12H20N4O3/c17-12(19-11-1-2-13-9-11)15-4-7-18-8-6-16-5-3-14-10-16/h3,5,10-11,13H,1-2,4,6-9H2,(H,15,17). The molecule has 1 atom stereocenters. The van der Waals surface area contributed by atoms with E-state index in [1.54, 1.807) is 12.5 Å². The first-order chi connectivity index (χ1) is 9.34. The van der Waals surface area contributed by atoms with E-state index in [1.807, 2.05) is 10.8 Å². The number of ether oxygens (including phenoxy) is 2. The van der Waals surface area contributed by atoms with Gasteiger partial charge in [-0.3, -0.25) is 0 Å². The molecule has 0 aliphatic carbocycles. The summed E-state index contributed by atoms with van der Waals surface area (Å²) in [5, 5.41) is 5.81. The van der Waals surface area contributed by atoms with Gasteiger partial charge < -0.3 is 24.7 Å². The lowest BCUT2D eigenvalue weighted by Crippen LogP contribution is -2.32. The molecule has 1 aromatic heterocycles. The summed E-state index contributed by atoms with van der Waals surface area (Å²) in [4.78, 5) is 15.3. The van der Waals surface area contributed by atoms with E-state index >= 15 is 0 Å². The van der Waals surface area contributed by atoms with E-state index in [4.69, 9.17) is 9.47 Å². The molecule has 1 amide bonds. The van der Waals surface area contributed by atoms with Crippen molar-refractivity contribution in [2.24, 2.45) is 0 Å². The normalized spacial score (nSPS) is 18.4. The topological polar surface area (TPSA) is 77.4 Å². The van der Waals surface area contributed by atoms with Gasteiger partial charge in [-0.1, -0.05) is 0 Å². The monoisotopic (exact) mass is 268 g/mol. The number of hydrogen-bond acceptors (Lipinski definition) is 5. The van der Waals surface area contributed by atoms with Gasteiger partial charge in [0, 0.05) is 32.0 Å². The number of nitrogens with zero attached hydrogens (tertiary/aromatic N) is 2. The van der Waals surface area contributed by atoms with Crippen molar-refractivity contribution in [3.8, 4) is 0 Å². The Bertz CT molecular complexity index is 363. The summed E-state index contributed by atoms with van der Waals surface area (Å²) in [6.07, 6.45) is 5.88. The summed E-state index contributed by atoms with van der Waals surface area (Å²) in [7, 11) is 0. The average Bonchev–Trinajstić information content (AvgIpc) is 3.06. The smallest absolute Gasteiger partial charge is 0.407 e. The molecule has 1 aromatic rings. The lowest BCUT2D eigenvalue weighted by molar-refractivity contribution is 0.0969. The zero-order valence-corrected chi connectivity index (χ0v) is 10.9. The molecule has 2 rings (SSSR count). The van der Waals surface area contributed by atoms with Gasteiger partial charge in [0.05, 0.1) is 19.5 Å². The number of carbonyl (C=O) groups excluding carboxylic acids is 1. The molecule has 1 aliphatic heterocycles. The van der Waals surface area contributed by atoms with Gasteiger partial charge in [0.2, 0.25) is 0 Å². The minimum Gasteiger partial charge on any atom is -0.445 e. The second kappa shape index (κ2) is 7.75. The number of aromatic nitrogens is 2. The van der Waals surface area contributed by atoms with Crippen LogP contribution in [-0.4, -0.2) is 54.6 Å². The van der Waals surface area contributed by atoms with Gasteiger partial charge in [0.1, 0.15) is 6.10 Å². The Kier molecular flexibility index (Phi) is 5.64. The molecule has 1 fully saturated rings. The third-order valence-corrected chi connectivity index (χ3v) is 2.86. The fourth-order valence-corrected chi connectivity index (χ4v) is 1.84. The van der Waals surface area contributed by atoms with Gasteiger partial charge in [-0.2, -0.15) is 0 Å². The molecule has 0 radical (unpaired) electrons. The molecule has 7 nitrogen and oxygen atoms in total. The number of carbonyl (C=O) groups is 1. The Balaban J connectivity index is 1.44. The maximum atomic E-state index is 11.4. The molecule has 1 saturated heterocycles. The van der Waals surface area contributed by atoms with Crippen LogP contribution in [0.5, 0.6) is 0 Å². The highest BCUT2D eigenvalue weighted by Crippen LogP contribution is 2.02. The minimum absolute atomic E-state index is 0.00200. The van der Waals surface area contributed by atoms with Crippen LogP contribution < -0.4 is 10.6 Å². The van der Waals surface area contributed by atoms with E-state index in [-0.39, 0.29) is 12.2 Å². The Morgan fingerprint density at radius 1 is 1.53 bits per heavy atom. The highest BCUT2D eigenvalue weighted by molar-refractivity contribution is 5.67. The van der Waals surface area contributed by atoms with Crippen LogP contribution in [0.15, 0.2) is 18.7 Å². The van der Waals surface area contributed by atoms with Crippen molar-refractivity contribution in [1.29, 1.82) is 0 Å². The SMILES string of the molecule is O=C(NCCOCCn1ccnc1)OC1CCNC1. The Hall–Kier alpha value is -1.60. The zero-order chi connectivity index (χ0) is 13.3. The van der Waals surface area contributed by atoms with Gasteiger partial charge >= 0.3 is 6.09 Å². The predicted octanol–water partition coefficient (Wildman–Crippen LogP) is -0.0122. The van der Waals surface area contributed by atoms with Crippen LogP contribution in [0, 0.1) is 0 Å². The second-order valence-corrected chi connectivity index (χ2v) is 4.36. The quantitative estimate of drug-likeness (QED) is 0.680. The lowest BCUT2D eigenvalue weighted by atomic mass is 10.3. The van der Waals surface area contributed by atoms with Gasteiger partial charge in [0.15, 0.2) is 0 Å². The summed E-state index contributed by atoms with van der Waals surface area (Å²) in [6, 6.07) is 0. The molecule has 1 aliphatic rings. The van der Waals surface area contributed by atoms with Crippen molar-refractivity contribution in [2.45, 2.75) is 19.1 Å². The molecule has 1 unspecified atom stereocenters. The van der Waals surface area contributed by atoms with Crippen LogP contribution in [0.3, 0.4) is 0 Å². The van der Waals surface area contributed by atoms with E-state index in [9.17, 15) is 4.79 Å². The van der Waals surface area contributed by atoms with E-state index in [1.165, 1.54) is 0 Å². The van der Waals surface area contributed by atoms with Crippen LogP contribution in [0.2, 0.25) is 0 Å². The Labute approximate surface area is 112 Å². The van der Waals surface area contributed by atoms with Crippen molar-refractivity contribution in [3.63, 3.8) is 0 Å². The first-order valence-electron chi connectivity index (χ1n) is 6.53. The molecule has 0 saturated carbocycles. The van der Waals surface area contributed by atoms with Crippen molar-refractivity contribution in [2.75, 3.05) is 32.8 Å². The molecule has 7 heteroatoms. The highest BCUT2D eigenvalue weighted by atomic mass is 16.6. The van der Waals surface area contributed by atoms with Crippen molar-refractivity contribution >= 4 is 6.09 Å². The maximum Gasteiger partial charge on any atom is 0.407 e. The van der Waals surface area contributed by atoms with Crippen LogP contribution in [0.1, 0.15) is 6.42 Å². The summed E-state index contributed by atoms with van der Waals surface area (Å²) in [5.74, 6) is 0. The third kappa shape index (κ3) is 5.27. The molecule has 0 bridgehead atoms. The molecular formula is C12H20N4O3. The summed E-state index contributed by atoms with van der Waals surface area (Å²) >= 11 is 0. The molecular weight excluding hydrogens is 248 g/mol. The van der Waals surface area contributed by atoms with Gasteiger partial charge in [-0.05, 0) is 13.0 Å². The number of rotatable bonds is 7. The third-order valence-electron chi connectivity index (χ3n) is 2.86. The zero-order valence-electron chi connectivity index (χ0n) is 10.9. The van der Waals surface area contributed by atoms with Crippen LogP contribution in [0.25, 0.3) is 0 Å². The van der Waals surface area contributed by atoms with Crippen molar-refractivity contribution < 1.29 is 14.3 Å². The number of hydrogen-bond donors (Lipinski definition) is 2. The number of nitrogens with one attached hydrogen (secondary N) is 2. The van der Waals surface area contributed by atoms with Gasteiger partial charge in [0.25, 0.3) is 0 Å². The second-order valence-electron chi connectivity index (χ2n) is 4.36. The number of amides is 1. The predicted molar refractivity (Wildman–Crippen MR) is 68.8 cm³/mol.